The second-order valence-electron chi connectivity index (χ2n) is 5.53. The molecule has 0 aromatic heterocycles. The summed E-state index contributed by atoms with van der Waals surface area (Å²) >= 11 is 11.3. The molecule has 27 heavy (non-hydrogen) atoms. The van der Waals surface area contributed by atoms with Crippen molar-refractivity contribution in [1.29, 1.82) is 0 Å². The van der Waals surface area contributed by atoms with Crippen LogP contribution in [0.4, 0.5) is 23.2 Å². The molecule has 0 fully saturated rings. The first-order valence-electron chi connectivity index (χ1n) is 7.36. The predicted molar refractivity (Wildman–Crippen MR) is 93.5 cm³/mol. The van der Waals surface area contributed by atoms with E-state index in [1.807, 2.05) is 0 Å². The van der Waals surface area contributed by atoms with Crippen molar-refractivity contribution in [2.24, 2.45) is 0 Å². The molecular weight excluding hydrogens is 411 g/mol. The molecule has 0 spiro atoms. The summed E-state index contributed by atoms with van der Waals surface area (Å²) in [5, 5.41) is 1.63. The van der Waals surface area contributed by atoms with Crippen LogP contribution in [0, 0.1) is 5.82 Å². The lowest BCUT2D eigenvalue weighted by Gasteiger charge is -2.18. The lowest BCUT2D eigenvalue weighted by Crippen LogP contribution is -2.35. The number of benzene rings is 2. The number of rotatable bonds is 4. The predicted octanol–water partition coefficient (Wildman–Crippen LogP) is 4.86. The van der Waals surface area contributed by atoms with Gasteiger partial charge in [0.05, 0.1) is 27.7 Å². The number of nitrogens with one attached hydrogen (secondary N) is 1. The Morgan fingerprint density at radius 3 is 2.33 bits per heavy atom. The average Bonchev–Trinajstić information content (AvgIpc) is 2.55. The molecule has 1 N–H and O–H groups in total. The van der Waals surface area contributed by atoms with Gasteiger partial charge in [-0.05, 0) is 36.4 Å². The SMILES string of the molecule is CN(CC(=O)Nc1ccc(Cl)c(C(F)(F)F)c1)C(=O)c1ccc(F)cc1Cl. The Kier molecular flexibility index (Phi) is 6.33. The molecule has 0 radical (unpaired) electrons. The zero-order chi connectivity index (χ0) is 20.4. The first-order chi connectivity index (χ1) is 12.5. The Morgan fingerprint density at radius 2 is 1.74 bits per heavy atom. The highest BCUT2D eigenvalue weighted by molar-refractivity contribution is 6.33. The third-order valence-corrected chi connectivity index (χ3v) is 4.09. The van der Waals surface area contributed by atoms with Crippen molar-refractivity contribution >= 4 is 40.7 Å². The van der Waals surface area contributed by atoms with Crippen molar-refractivity contribution in [2.45, 2.75) is 6.18 Å². The van der Waals surface area contributed by atoms with Crippen LogP contribution >= 0.6 is 23.2 Å². The van der Waals surface area contributed by atoms with E-state index in [0.29, 0.717) is 6.07 Å². The van der Waals surface area contributed by atoms with Crippen LogP contribution in [0.2, 0.25) is 10.0 Å². The first kappa shape index (κ1) is 21.0. The molecule has 0 aliphatic heterocycles. The van der Waals surface area contributed by atoms with Gasteiger partial charge in [0.25, 0.3) is 5.91 Å². The van der Waals surface area contributed by atoms with Gasteiger partial charge in [0, 0.05) is 12.7 Å². The van der Waals surface area contributed by atoms with Gasteiger partial charge in [-0.2, -0.15) is 13.2 Å². The number of anilines is 1. The molecule has 0 saturated carbocycles. The molecular formula is C17H12Cl2F4N2O2. The summed E-state index contributed by atoms with van der Waals surface area (Å²) in [5.41, 5.74) is -1.24. The summed E-state index contributed by atoms with van der Waals surface area (Å²) in [6.07, 6.45) is -4.68. The van der Waals surface area contributed by atoms with E-state index in [9.17, 15) is 27.2 Å². The smallest absolute Gasteiger partial charge is 0.332 e. The number of nitrogens with zero attached hydrogens (tertiary/aromatic N) is 1. The Bertz CT molecular complexity index is 888. The van der Waals surface area contributed by atoms with Crippen LogP contribution in [-0.4, -0.2) is 30.3 Å². The topological polar surface area (TPSA) is 49.4 Å². The van der Waals surface area contributed by atoms with Crippen LogP contribution in [0.3, 0.4) is 0 Å². The molecule has 0 atom stereocenters. The van der Waals surface area contributed by atoms with Gasteiger partial charge in [-0.25, -0.2) is 4.39 Å². The summed E-state index contributed by atoms with van der Waals surface area (Å²) in [7, 11) is 1.30. The van der Waals surface area contributed by atoms with Crippen molar-refractivity contribution in [1.82, 2.24) is 4.90 Å². The van der Waals surface area contributed by atoms with E-state index in [1.54, 1.807) is 0 Å². The number of amides is 2. The van der Waals surface area contributed by atoms with Crippen molar-refractivity contribution in [2.75, 3.05) is 18.9 Å². The average molecular weight is 423 g/mol. The molecule has 2 aromatic rings. The zero-order valence-electron chi connectivity index (χ0n) is 13.7. The van der Waals surface area contributed by atoms with Crippen molar-refractivity contribution in [3.63, 3.8) is 0 Å². The highest BCUT2D eigenvalue weighted by Gasteiger charge is 2.33. The quantitative estimate of drug-likeness (QED) is 0.715. The largest absolute Gasteiger partial charge is 0.417 e. The third kappa shape index (κ3) is 5.33. The molecule has 0 bridgehead atoms. The number of alkyl halides is 3. The van der Waals surface area contributed by atoms with Gasteiger partial charge in [0.15, 0.2) is 0 Å². The van der Waals surface area contributed by atoms with Gasteiger partial charge in [0.1, 0.15) is 5.82 Å². The molecule has 0 heterocycles. The standard InChI is InChI=1S/C17H12Cl2F4N2O2/c1-25(16(27)11-4-2-9(20)6-14(11)19)8-15(26)24-10-3-5-13(18)12(7-10)17(21,22)23/h2-7H,8H2,1H3,(H,24,26). The lowest BCUT2D eigenvalue weighted by atomic mass is 10.2. The van der Waals surface area contributed by atoms with Crippen LogP contribution < -0.4 is 5.32 Å². The molecule has 0 aliphatic rings. The Labute approximate surface area is 161 Å². The van der Waals surface area contributed by atoms with Gasteiger partial charge >= 0.3 is 6.18 Å². The van der Waals surface area contributed by atoms with Gasteiger partial charge in [0.2, 0.25) is 5.91 Å². The molecule has 2 rings (SSSR count). The van der Waals surface area contributed by atoms with Crippen LogP contribution in [0.25, 0.3) is 0 Å². The van der Waals surface area contributed by atoms with E-state index in [-0.39, 0.29) is 16.3 Å². The van der Waals surface area contributed by atoms with E-state index >= 15 is 0 Å². The Morgan fingerprint density at radius 1 is 1.07 bits per heavy atom. The molecule has 0 unspecified atom stereocenters. The van der Waals surface area contributed by atoms with Crippen molar-refractivity contribution in [3.8, 4) is 0 Å². The molecule has 0 aliphatic carbocycles. The number of carbonyl (C=O) groups is 2. The molecule has 2 aromatic carbocycles. The van der Waals surface area contributed by atoms with Crippen LogP contribution in [-0.2, 0) is 11.0 Å². The van der Waals surface area contributed by atoms with E-state index in [2.05, 4.69) is 5.32 Å². The van der Waals surface area contributed by atoms with Gasteiger partial charge < -0.3 is 10.2 Å². The van der Waals surface area contributed by atoms with Gasteiger partial charge in [-0.3, -0.25) is 9.59 Å². The Hall–Kier alpha value is -2.32. The summed E-state index contributed by atoms with van der Waals surface area (Å²) in [6.45, 7) is -0.462. The maximum Gasteiger partial charge on any atom is 0.417 e. The van der Waals surface area contributed by atoms with E-state index in [4.69, 9.17) is 23.2 Å². The summed E-state index contributed by atoms with van der Waals surface area (Å²) in [5.74, 6) is -2.01. The lowest BCUT2D eigenvalue weighted by molar-refractivity contribution is -0.137. The van der Waals surface area contributed by atoms with Crippen LogP contribution in [0.5, 0.6) is 0 Å². The molecule has 4 nitrogen and oxygen atoms in total. The maximum absolute atomic E-state index is 13.0. The van der Waals surface area contributed by atoms with Crippen LogP contribution in [0.1, 0.15) is 15.9 Å². The second kappa shape index (κ2) is 8.14. The number of halogens is 6. The highest BCUT2D eigenvalue weighted by Crippen LogP contribution is 2.36. The maximum atomic E-state index is 13.0. The minimum Gasteiger partial charge on any atom is -0.332 e. The van der Waals surface area contributed by atoms with Crippen molar-refractivity contribution in [3.05, 3.63) is 63.4 Å². The number of hydrogen-bond acceptors (Lipinski definition) is 2. The second-order valence-corrected chi connectivity index (χ2v) is 6.34. The molecule has 0 saturated heterocycles. The molecule has 10 heteroatoms. The summed E-state index contributed by atoms with van der Waals surface area (Å²) in [4.78, 5) is 25.3. The van der Waals surface area contributed by atoms with Gasteiger partial charge in [-0.1, -0.05) is 23.2 Å². The Balaban J connectivity index is 2.08. The highest BCUT2D eigenvalue weighted by atomic mass is 35.5. The van der Waals surface area contributed by atoms with E-state index < -0.39 is 40.9 Å². The normalized spacial score (nSPS) is 11.2. The van der Waals surface area contributed by atoms with E-state index in [1.165, 1.54) is 19.2 Å². The summed E-state index contributed by atoms with van der Waals surface area (Å²) < 4.78 is 51.6. The minimum atomic E-state index is -4.68. The van der Waals surface area contributed by atoms with Crippen molar-refractivity contribution < 1.29 is 27.2 Å². The fraction of sp³-hybridized carbons (Fsp3) is 0.176. The van der Waals surface area contributed by atoms with Gasteiger partial charge in [-0.15, -0.1) is 0 Å². The molecule has 2 amide bonds. The first-order valence-corrected chi connectivity index (χ1v) is 8.11. The molecule has 144 valence electrons. The number of carbonyl (C=O) groups excluding carboxylic acids is 2. The summed E-state index contributed by atoms with van der Waals surface area (Å²) in [6, 6.07) is 6.07. The monoisotopic (exact) mass is 422 g/mol. The van der Waals surface area contributed by atoms with Crippen LogP contribution in [0.15, 0.2) is 36.4 Å². The zero-order valence-corrected chi connectivity index (χ0v) is 15.2. The fourth-order valence-electron chi connectivity index (χ4n) is 2.18. The van der Waals surface area contributed by atoms with E-state index in [0.717, 1.165) is 23.1 Å². The fourth-order valence-corrected chi connectivity index (χ4v) is 2.65. The minimum absolute atomic E-state index is 0.0146. The number of likely N-dealkylation sites (N-methyl/N-ethyl adjacent to an activating group) is 1. The number of hydrogen-bond donors (Lipinski definition) is 1. The third-order valence-electron chi connectivity index (χ3n) is 3.44.